The molecule has 5 heteroatoms. The molecule has 1 aliphatic rings. The maximum Gasteiger partial charge on any atom is 0.223 e. The van der Waals surface area contributed by atoms with Crippen LogP contribution in [0.3, 0.4) is 0 Å². The highest BCUT2D eigenvalue weighted by atomic mass is 16.2. The Labute approximate surface area is 140 Å². The monoisotopic (exact) mass is 320 g/mol. The molecule has 0 unspecified atom stereocenters. The first-order valence-corrected chi connectivity index (χ1v) is 8.28. The largest absolute Gasteiger partial charge is 0.352 e. The van der Waals surface area contributed by atoms with Crippen molar-refractivity contribution < 1.29 is 4.79 Å². The van der Waals surface area contributed by atoms with Crippen molar-refractivity contribution in [2.45, 2.75) is 26.3 Å². The van der Waals surface area contributed by atoms with Gasteiger partial charge in [0.05, 0.1) is 5.69 Å². The van der Waals surface area contributed by atoms with Crippen LogP contribution in [0, 0.1) is 12.8 Å². The second kappa shape index (κ2) is 5.74. The van der Waals surface area contributed by atoms with Gasteiger partial charge in [-0.05, 0) is 25.8 Å². The molecular formula is C19H20N4O. The summed E-state index contributed by atoms with van der Waals surface area (Å²) in [5, 5.41) is 4.18. The average Bonchev–Trinajstić information content (AvgIpc) is 3.38. The van der Waals surface area contributed by atoms with Gasteiger partial charge in [-0.15, -0.1) is 0 Å². The number of benzene rings is 1. The third-order valence-corrected chi connectivity index (χ3v) is 4.54. The number of rotatable bonds is 4. The molecule has 122 valence electrons. The van der Waals surface area contributed by atoms with E-state index in [-0.39, 0.29) is 11.8 Å². The van der Waals surface area contributed by atoms with Gasteiger partial charge in [0.1, 0.15) is 5.82 Å². The number of nitrogens with one attached hydrogen (secondary N) is 1. The van der Waals surface area contributed by atoms with Gasteiger partial charge < -0.3 is 9.88 Å². The fourth-order valence-electron chi connectivity index (χ4n) is 3.06. The summed E-state index contributed by atoms with van der Waals surface area (Å²) >= 11 is 0. The fraction of sp³-hybridized carbons (Fsp3) is 0.316. The minimum atomic E-state index is 0.138. The summed E-state index contributed by atoms with van der Waals surface area (Å²) < 4.78 is 2.11. The second-order valence-corrected chi connectivity index (χ2v) is 6.45. The minimum Gasteiger partial charge on any atom is -0.352 e. The Morgan fingerprint density at radius 1 is 1.33 bits per heavy atom. The van der Waals surface area contributed by atoms with Gasteiger partial charge in [-0.2, -0.15) is 0 Å². The normalized spacial score (nSPS) is 14.1. The van der Waals surface area contributed by atoms with E-state index < -0.39 is 0 Å². The molecule has 1 fully saturated rings. The average molecular weight is 320 g/mol. The van der Waals surface area contributed by atoms with Gasteiger partial charge in [-0.3, -0.25) is 4.79 Å². The quantitative estimate of drug-likeness (QED) is 0.804. The number of amides is 1. The van der Waals surface area contributed by atoms with Crippen molar-refractivity contribution in [3.8, 4) is 11.3 Å². The van der Waals surface area contributed by atoms with Gasteiger partial charge >= 0.3 is 0 Å². The van der Waals surface area contributed by atoms with E-state index in [1.165, 1.54) is 0 Å². The zero-order valence-electron chi connectivity index (χ0n) is 13.9. The molecule has 1 N–H and O–H groups in total. The second-order valence-electron chi connectivity index (χ2n) is 6.45. The number of nitrogens with zero attached hydrogens (tertiary/aromatic N) is 3. The Balaban J connectivity index is 1.75. The standard InChI is InChI=1S/C19H20N4O/c1-12-20-9-14(10-21-19(24)13-7-8-13)18(22-12)16-11-23(2)17-6-4-3-5-15(16)17/h3-6,9,11,13H,7-8,10H2,1-2H3,(H,21,24). The molecule has 0 bridgehead atoms. The number of carbonyl (C=O) groups is 1. The van der Waals surface area contributed by atoms with Crippen LogP contribution in [0.25, 0.3) is 22.2 Å². The molecule has 1 saturated carbocycles. The summed E-state index contributed by atoms with van der Waals surface area (Å²) in [6.07, 6.45) is 5.93. The molecule has 0 saturated heterocycles. The van der Waals surface area contributed by atoms with Crippen molar-refractivity contribution in [3.05, 3.63) is 48.0 Å². The van der Waals surface area contributed by atoms with Crippen LogP contribution in [0.2, 0.25) is 0 Å². The molecule has 3 aromatic rings. The third-order valence-electron chi connectivity index (χ3n) is 4.54. The van der Waals surface area contributed by atoms with E-state index in [1.54, 1.807) is 0 Å². The molecule has 24 heavy (non-hydrogen) atoms. The zero-order valence-corrected chi connectivity index (χ0v) is 13.9. The van der Waals surface area contributed by atoms with Crippen molar-refractivity contribution in [1.29, 1.82) is 0 Å². The first-order chi connectivity index (χ1) is 11.6. The first-order valence-electron chi connectivity index (χ1n) is 8.28. The van der Waals surface area contributed by atoms with Crippen LogP contribution < -0.4 is 5.32 Å². The smallest absolute Gasteiger partial charge is 0.223 e. The van der Waals surface area contributed by atoms with Crippen molar-refractivity contribution in [3.63, 3.8) is 0 Å². The van der Waals surface area contributed by atoms with Crippen LogP contribution in [0.4, 0.5) is 0 Å². The lowest BCUT2D eigenvalue weighted by Crippen LogP contribution is -2.24. The predicted molar refractivity (Wildman–Crippen MR) is 93.3 cm³/mol. The van der Waals surface area contributed by atoms with Gasteiger partial charge in [0.15, 0.2) is 0 Å². The highest BCUT2D eigenvalue weighted by Gasteiger charge is 2.29. The minimum absolute atomic E-state index is 0.138. The summed E-state index contributed by atoms with van der Waals surface area (Å²) in [6.45, 7) is 2.36. The molecule has 0 spiro atoms. The van der Waals surface area contributed by atoms with Crippen LogP contribution in [-0.2, 0) is 18.4 Å². The van der Waals surface area contributed by atoms with Crippen LogP contribution >= 0.6 is 0 Å². The molecule has 1 aromatic carbocycles. The Morgan fingerprint density at radius 3 is 2.92 bits per heavy atom. The van der Waals surface area contributed by atoms with Gasteiger partial charge in [-0.1, -0.05) is 18.2 Å². The fourth-order valence-corrected chi connectivity index (χ4v) is 3.06. The SMILES string of the molecule is Cc1ncc(CNC(=O)C2CC2)c(-c2cn(C)c3ccccc23)n1. The Morgan fingerprint density at radius 2 is 2.12 bits per heavy atom. The van der Waals surface area contributed by atoms with Gasteiger partial charge in [0, 0.05) is 53.9 Å². The number of hydrogen-bond donors (Lipinski definition) is 1. The van der Waals surface area contributed by atoms with E-state index in [2.05, 4.69) is 38.2 Å². The van der Waals surface area contributed by atoms with E-state index in [4.69, 9.17) is 0 Å². The maximum absolute atomic E-state index is 12.0. The number of fused-ring (bicyclic) bond motifs is 1. The van der Waals surface area contributed by atoms with Gasteiger partial charge in [0.25, 0.3) is 0 Å². The molecule has 4 rings (SSSR count). The summed E-state index contributed by atoms with van der Waals surface area (Å²) in [5.41, 5.74) is 4.09. The van der Waals surface area contributed by atoms with E-state index in [0.717, 1.165) is 46.4 Å². The molecule has 1 amide bonds. The van der Waals surface area contributed by atoms with E-state index in [0.29, 0.717) is 6.54 Å². The number of carbonyl (C=O) groups excluding carboxylic acids is 1. The van der Waals surface area contributed by atoms with Crippen molar-refractivity contribution >= 4 is 16.8 Å². The van der Waals surface area contributed by atoms with Crippen molar-refractivity contribution in [2.24, 2.45) is 13.0 Å². The molecule has 2 heterocycles. The molecule has 0 atom stereocenters. The molecule has 1 aliphatic carbocycles. The van der Waals surface area contributed by atoms with Gasteiger partial charge in [0.2, 0.25) is 5.91 Å². The van der Waals surface area contributed by atoms with Gasteiger partial charge in [-0.25, -0.2) is 9.97 Å². The number of aromatic nitrogens is 3. The summed E-state index contributed by atoms with van der Waals surface area (Å²) in [6, 6.07) is 8.28. The Bertz CT molecular complexity index is 924. The Hall–Kier alpha value is -2.69. The van der Waals surface area contributed by atoms with Crippen molar-refractivity contribution in [2.75, 3.05) is 0 Å². The number of para-hydroxylation sites is 1. The highest BCUT2D eigenvalue weighted by Crippen LogP contribution is 2.32. The molecule has 5 nitrogen and oxygen atoms in total. The van der Waals surface area contributed by atoms with E-state index in [9.17, 15) is 4.79 Å². The van der Waals surface area contributed by atoms with Crippen LogP contribution in [0.15, 0.2) is 36.7 Å². The number of hydrogen-bond acceptors (Lipinski definition) is 3. The first kappa shape index (κ1) is 14.9. The lowest BCUT2D eigenvalue weighted by molar-refractivity contribution is -0.122. The summed E-state index contributed by atoms with van der Waals surface area (Å²) in [5.74, 6) is 1.08. The van der Waals surface area contributed by atoms with Crippen LogP contribution in [0.5, 0.6) is 0 Å². The number of aryl methyl sites for hydroxylation is 2. The van der Waals surface area contributed by atoms with E-state index in [1.807, 2.05) is 32.3 Å². The molecule has 0 radical (unpaired) electrons. The summed E-state index contributed by atoms with van der Waals surface area (Å²) in [7, 11) is 2.04. The lowest BCUT2D eigenvalue weighted by atomic mass is 10.1. The third kappa shape index (κ3) is 2.66. The van der Waals surface area contributed by atoms with Crippen LogP contribution in [-0.4, -0.2) is 20.4 Å². The van der Waals surface area contributed by atoms with Crippen molar-refractivity contribution in [1.82, 2.24) is 19.9 Å². The van der Waals surface area contributed by atoms with E-state index >= 15 is 0 Å². The maximum atomic E-state index is 12.0. The predicted octanol–water partition coefficient (Wildman–Crippen LogP) is 2.97. The molecule has 0 aliphatic heterocycles. The van der Waals surface area contributed by atoms with Crippen LogP contribution in [0.1, 0.15) is 24.2 Å². The molecular weight excluding hydrogens is 300 g/mol. The zero-order chi connectivity index (χ0) is 16.7. The Kier molecular flexibility index (Phi) is 3.56. The lowest BCUT2D eigenvalue weighted by Gasteiger charge is -2.10. The highest BCUT2D eigenvalue weighted by molar-refractivity contribution is 5.95. The molecule has 2 aromatic heterocycles. The summed E-state index contributed by atoms with van der Waals surface area (Å²) in [4.78, 5) is 20.9. The topological polar surface area (TPSA) is 59.8 Å².